The molecule has 1 aliphatic heterocycles. The van der Waals surface area contributed by atoms with Gasteiger partial charge in [-0.1, -0.05) is 18.7 Å². The van der Waals surface area contributed by atoms with Gasteiger partial charge in [-0.05, 0) is 17.7 Å². The van der Waals surface area contributed by atoms with E-state index >= 15 is 0 Å². The zero-order valence-corrected chi connectivity index (χ0v) is 15.7. The number of morpholine rings is 1. The predicted molar refractivity (Wildman–Crippen MR) is 101 cm³/mol. The highest BCUT2D eigenvalue weighted by molar-refractivity contribution is 5.43. The van der Waals surface area contributed by atoms with Crippen molar-refractivity contribution in [3.05, 3.63) is 36.4 Å². The Morgan fingerprint density at radius 1 is 1.31 bits per heavy atom. The van der Waals surface area contributed by atoms with E-state index in [-0.39, 0.29) is 0 Å². The molecular formula is C20H29N3O3. The molecule has 0 aliphatic carbocycles. The van der Waals surface area contributed by atoms with Gasteiger partial charge in [0.2, 0.25) is 0 Å². The number of methoxy groups -OCH3 is 1. The normalized spacial score (nSPS) is 14.8. The van der Waals surface area contributed by atoms with Gasteiger partial charge in [0, 0.05) is 45.7 Å². The molecule has 142 valence electrons. The van der Waals surface area contributed by atoms with Crippen LogP contribution >= 0.6 is 0 Å². The SMILES string of the molecule is C=CCOc1ccc(CN(CCC#N)CCN2CCOCC2)cc1OC. The first-order valence-electron chi connectivity index (χ1n) is 9.07. The number of hydrogen-bond donors (Lipinski definition) is 0. The molecule has 0 unspecified atom stereocenters. The summed E-state index contributed by atoms with van der Waals surface area (Å²) in [4.78, 5) is 4.73. The third-order valence-corrected chi connectivity index (χ3v) is 4.37. The van der Waals surface area contributed by atoms with Crippen molar-refractivity contribution in [1.29, 1.82) is 5.26 Å². The van der Waals surface area contributed by atoms with Crippen LogP contribution in [0.25, 0.3) is 0 Å². The summed E-state index contributed by atoms with van der Waals surface area (Å²) in [5, 5.41) is 8.95. The second-order valence-electron chi connectivity index (χ2n) is 6.22. The minimum atomic E-state index is 0.448. The first-order valence-corrected chi connectivity index (χ1v) is 9.07. The monoisotopic (exact) mass is 359 g/mol. The maximum atomic E-state index is 8.95. The first kappa shape index (κ1) is 20.2. The van der Waals surface area contributed by atoms with Crippen LogP contribution in [-0.2, 0) is 11.3 Å². The summed E-state index contributed by atoms with van der Waals surface area (Å²) in [7, 11) is 1.64. The molecule has 2 rings (SSSR count). The van der Waals surface area contributed by atoms with Crippen LogP contribution in [-0.4, -0.2) is 69.5 Å². The van der Waals surface area contributed by atoms with E-state index in [1.165, 1.54) is 0 Å². The number of nitrogens with zero attached hydrogens (tertiary/aromatic N) is 3. The van der Waals surface area contributed by atoms with Crippen LogP contribution in [0.15, 0.2) is 30.9 Å². The Morgan fingerprint density at radius 2 is 2.12 bits per heavy atom. The highest BCUT2D eigenvalue weighted by atomic mass is 16.5. The van der Waals surface area contributed by atoms with E-state index in [0.29, 0.717) is 18.8 Å². The summed E-state index contributed by atoms with van der Waals surface area (Å²) in [6, 6.07) is 8.24. The van der Waals surface area contributed by atoms with Crippen molar-refractivity contribution in [1.82, 2.24) is 9.80 Å². The van der Waals surface area contributed by atoms with Crippen LogP contribution in [0.2, 0.25) is 0 Å². The molecule has 1 fully saturated rings. The van der Waals surface area contributed by atoms with E-state index in [1.807, 2.05) is 12.1 Å². The number of benzene rings is 1. The van der Waals surface area contributed by atoms with E-state index in [9.17, 15) is 0 Å². The lowest BCUT2D eigenvalue weighted by atomic mass is 10.1. The van der Waals surface area contributed by atoms with Crippen molar-refractivity contribution < 1.29 is 14.2 Å². The zero-order chi connectivity index (χ0) is 18.6. The van der Waals surface area contributed by atoms with E-state index < -0.39 is 0 Å². The molecule has 1 heterocycles. The van der Waals surface area contributed by atoms with Gasteiger partial charge in [-0.3, -0.25) is 9.80 Å². The summed E-state index contributed by atoms with van der Waals surface area (Å²) >= 11 is 0. The minimum absolute atomic E-state index is 0.448. The summed E-state index contributed by atoms with van der Waals surface area (Å²) in [6.45, 7) is 11.2. The van der Waals surface area contributed by atoms with Gasteiger partial charge < -0.3 is 14.2 Å². The lowest BCUT2D eigenvalue weighted by Gasteiger charge is -2.30. The molecule has 6 nitrogen and oxygen atoms in total. The lowest BCUT2D eigenvalue weighted by molar-refractivity contribution is 0.0330. The van der Waals surface area contributed by atoms with Crippen LogP contribution in [0.5, 0.6) is 11.5 Å². The maximum absolute atomic E-state index is 8.95. The van der Waals surface area contributed by atoms with Gasteiger partial charge in [0.25, 0.3) is 0 Å². The quantitative estimate of drug-likeness (QED) is 0.565. The van der Waals surface area contributed by atoms with Gasteiger partial charge in [0.05, 0.1) is 26.4 Å². The average Bonchev–Trinajstić information content (AvgIpc) is 2.69. The van der Waals surface area contributed by atoms with Gasteiger partial charge in [-0.15, -0.1) is 0 Å². The van der Waals surface area contributed by atoms with E-state index in [1.54, 1.807) is 13.2 Å². The van der Waals surface area contributed by atoms with Gasteiger partial charge in [0.15, 0.2) is 11.5 Å². The molecule has 0 radical (unpaired) electrons. The molecule has 1 aliphatic rings. The standard InChI is InChI=1S/C20H29N3O3/c1-3-13-26-19-6-5-18(16-20(19)24-2)17-23(8-4-7-21)10-9-22-11-14-25-15-12-22/h3,5-6,16H,1,4,8-15,17H2,2H3. The summed E-state index contributed by atoms with van der Waals surface area (Å²) < 4.78 is 16.5. The summed E-state index contributed by atoms with van der Waals surface area (Å²) in [5.41, 5.74) is 1.15. The van der Waals surface area contributed by atoms with E-state index in [4.69, 9.17) is 19.5 Å². The van der Waals surface area contributed by atoms with Crippen LogP contribution in [0.3, 0.4) is 0 Å². The van der Waals surface area contributed by atoms with Crippen molar-refractivity contribution >= 4 is 0 Å². The van der Waals surface area contributed by atoms with Gasteiger partial charge in [0.1, 0.15) is 6.61 Å². The third kappa shape index (κ3) is 6.68. The van der Waals surface area contributed by atoms with Crippen molar-refractivity contribution in [2.75, 3.05) is 59.7 Å². The van der Waals surface area contributed by atoms with Crippen LogP contribution in [0.1, 0.15) is 12.0 Å². The molecule has 1 aromatic carbocycles. The van der Waals surface area contributed by atoms with Crippen molar-refractivity contribution in [2.45, 2.75) is 13.0 Å². The number of nitriles is 1. The zero-order valence-electron chi connectivity index (χ0n) is 15.7. The molecule has 0 N–H and O–H groups in total. The average molecular weight is 359 g/mol. The Morgan fingerprint density at radius 3 is 2.81 bits per heavy atom. The number of rotatable bonds is 11. The summed E-state index contributed by atoms with van der Waals surface area (Å²) in [6.07, 6.45) is 2.24. The molecule has 0 spiro atoms. The Labute approximate surface area is 156 Å². The van der Waals surface area contributed by atoms with Gasteiger partial charge in [-0.2, -0.15) is 5.26 Å². The second kappa shape index (κ2) is 11.5. The number of hydrogen-bond acceptors (Lipinski definition) is 6. The fraction of sp³-hybridized carbons (Fsp3) is 0.550. The molecule has 0 saturated carbocycles. The largest absolute Gasteiger partial charge is 0.493 e. The van der Waals surface area contributed by atoms with Crippen LogP contribution < -0.4 is 9.47 Å². The molecule has 0 aromatic heterocycles. The number of ether oxygens (including phenoxy) is 3. The highest BCUT2D eigenvalue weighted by Crippen LogP contribution is 2.28. The van der Waals surface area contributed by atoms with E-state index in [2.05, 4.69) is 28.5 Å². The molecule has 6 heteroatoms. The van der Waals surface area contributed by atoms with Crippen LogP contribution in [0.4, 0.5) is 0 Å². The van der Waals surface area contributed by atoms with Gasteiger partial charge in [-0.25, -0.2) is 0 Å². The molecule has 0 amide bonds. The Balaban J connectivity index is 1.96. The lowest BCUT2D eigenvalue weighted by Crippen LogP contribution is -2.41. The fourth-order valence-electron chi connectivity index (χ4n) is 2.92. The van der Waals surface area contributed by atoms with Crippen LogP contribution in [0, 0.1) is 11.3 Å². The minimum Gasteiger partial charge on any atom is -0.493 e. The smallest absolute Gasteiger partial charge is 0.161 e. The molecule has 0 bridgehead atoms. The molecular weight excluding hydrogens is 330 g/mol. The molecule has 26 heavy (non-hydrogen) atoms. The predicted octanol–water partition coefficient (Wildman–Crippen LogP) is 2.31. The first-order chi connectivity index (χ1) is 12.8. The Kier molecular flexibility index (Phi) is 8.98. The molecule has 1 aromatic rings. The summed E-state index contributed by atoms with van der Waals surface area (Å²) in [5.74, 6) is 1.44. The van der Waals surface area contributed by atoms with Crippen molar-refractivity contribution in [3.63, 3.8) is 0 Å². The fourth-order valence-corrected chi connectivity index (χ4v) is 2.92. The maximum Gasteiger partial charge on any atom is 0.161 e. The Hall–Kier alpha value is -2.07. The van der Waals surface area contributed by atoms with Gasteiger partial charge >= 0.3 is 0 Å². The third-order valence-electron chi connectivity index (χ3n) is 4.37. The Bertz CT molecular complexity index is 594. The second-order valence-corrected chi connectivity index (χ2v) is 6.22. The topological polar surface area (TPSA) is 58.0 Å². The highest BCUT2D eigenvalue weighted by Gasteiger charge is 2.14. The van der Waals surface area contributed by atoms with Crippen molar-refractivity contribution in [2.24, 2.45) is 0 Å². The molecule has 0 atom stereocenters. The molecule has 1 saturated heterocycles. The van der Waals surface area contributed by atoms with E-state index in [0.717, 1.165) is 63.8 Å². The van der Waals surface area contributed by atoms with Crippen molar-refractivity contribution in [3.8, 4) is 17.6 Å².